The molecule has 0 saturated carbocycles. The Morgan fingerprint density at radius 1 is 1.38 bits per heavy atom. The molecule has 0 spiro atoms. The van der Waals surface area contributed by atoms with E-state index < -0.39 is 5.97 Å². The highest BCUT2D eigenvalue weighted by Gasteiger charge is 2.01. The van der Waals surface area contributed by atoms with Crippen LogP contribution in [0.25, 0.3) is 10.2 Å². The van der Waals surface area contributed by atoms with Crippen molar-refractivity contribution in [3.63, 3.8) is 0 Å². The zero-order valence-electron chi connectivity index (χ0n) is 12.4. The summed E-state index contributed by atoms with van der Waals surface area (Å²) >= 11 is 3.97. The third-order valence-corrected chi connectivity index (χ3v) is 4.78. The van der Waals surface area contributed by atoms with Crippen molar-refractivity contribution < 1.29 is 14.4 Å². The number of carbonyl (C=O) groups is 2. The molecule has 3 rings (SSSR count). The summed E-state index contributed by atoms with van der Waals surface area (Å²) in [6.45, 7) is 1.27. The molecule has 0 amide bonds. The normalized spacial score (nSPS) is 10.4. The number of thiazole rings is 2. The number of carbonyl (C=O) groups excluding carboxylic acids is 2. The number of thioether (sulfide) groups is 1. The van der Waals surface area contributed by atoms with Crippen LogP contribution in [0.15, 0.2) is 39.1 Å². The second kappa shape index (κ2) is 9.11. The Hall–Kier alpha value is -2.30. The number of nitrogens with zero attached hydrogens (tertiary/aromatic N) is 3. The molecular weight excluding hydrogens is 368 g/mol. The van der Waals surface area contributed by atoms with Gasteiger partial charge in [-0.2, -0.15) is 0 Å². The molecule has 3 aromatic rings. The lowest BCUT2D eigenvalue weighted by Gasteiger charge is -1.85. The molecule has 124 valence electrons. The summed E-state index contributed by atoms with van der Waals surface area (Å²) in [7, 11) is 0. The van der Waals surface area contributed by atoms with E-state index in [1.807, 2.05) is 24.3 Å². The van der Waals surface area contributed by atoms with E-state index in [0.29, 0.717) is 10.8 Å². The van der Waals surface area contributed by atoms with Gasteiger partial charge in [0, 0.05) is 12.3 Å². The van der Waals surface area contributed by atoms with E-state index in [1.54, 1.807) is 16.7 Å². The summed E-state index contributed by atoms with van der Waals surface area (Å²) in [5.74, 6) is -0.463. The zero-order chi connectivity index (χ0) is 17.4. The van der Waals surface area contributed by atoms with Gasteiger partial charge in [0.2, 0.25) is 0 Å². The Kier molecular flexibility index (Phi) is 6.85. The van der Waals surface area contributed by atoms with E-state index in [-0.39, 0.29) is 0 Å². The third kappa shape index (κ3) is 5.72. The van der Waals surface area contributed by atoms with Gasteiger partial charge in [-0.15, -0.1) is 22.7 Å². The monoisotopic (exact) mass is 380 g/mol. The maximum absolute atomic E-state index is 10.3. The molecular formula is C14H12N4O3S3. The van der Waals surface area contributed by atoms with E-state index in [2.05, 4.69) is 20.0 Å². The topological polar surface area (TPSA) is 108 Å². The number of hydrogen-bond donors (Lipinski definition) is 1. The van der Waals surface area contributed by atoms with Crippen LogP contribution in [-0.2, 0) is 14.4 Å². The fourth-order valence-corrected chi connectivity index (χ4v) is 3.48. The molecule has 7 nitrogen and oxygen atoms in total. The zero-order valence-corrected chi connectivity index (χ0v) is 14.9. The van der Waals surface area contributed by atoms with Gasteiger partial charge in [-0.3, -0.25) is 4.79 Å². The van der Waals surface area contributed by atoms with E-state index in [9.17, 15) is 9.59 Å². The van der Waals surface area contributed by atoms with Crippen LogP contribution < -0.4 is 5.73 Å². The summed E-state index contributed by atoms with van der Waals surface area (Å²) in [4.78, 5) is 32.9. The van der Waals surface area contributed by atoms with Gasteiger partial charge in [0.1, 0.15) is 0 Å². The fraction of sp³-hybridized carbons (Fsp3) is 0.0714. The van der Waals surface area contributed by atoms with Crippen LogP contribution in [0.4, 0.5) is 5.13 Å². The number of para-hydroxylation sites is 1. The summed E-state index contributed by atoms with van der Waals surface area (Å²) in [5.41, 5.74) is 7.70. The molecule has 0 aliphatic rings. The lowest BCUT2D eigenvalue weighted by molar-refractivity contribution is -0.140. The van der Waals surface area contributed by atoms with E-state index in [1.165, 1.54) is 24.5 Å². The average Bonchev–Trinajstić information content (AvgIpc) is 3.13. The first-order valence-corrected chi connectivity index (χ1v) is 9.04. The van der Waals surface area contributed by atoms with Crippen molar-refractivity contribution in [2.24, 2.45) is 5.16 Å². The smallest absolute Gasteiger partial charge is 0.331 e. The molecule has 0 bridgehead atoms. The van der Waals surface area contributed by atoms with Gasteiger partial charge >= 0.3 is 5.97 Å². The lowest BCUT2D eigenvalue weighted by atomic mass is 10.3. The maximum atomic E-state index is 10.3. The minimum atomic E-state index is -0.463. The highest BCUT2D eigenvalue weighted by Crippen LogP contribution is 2.27. The largest absolute Gasteiger partial charge is 0.375 e. The van der Waals surface area contributed by atoms with Crippen molar-refractivity contribution in [1.82, 2.24) is 9.97 Å². The summed E-state index contributed by atoms with van der Waals surface area (Å²) < 4.78 is 1.94. The predicted octanol–water partition coefficient (Wildman–Crippen LogP) is 3.20. The van der Waals surface area contributed by atoms with Crippen LogP contribution in [0.2, 0.25) is 0 Å². The third-order valence-electron chi connectivity index (χ3n) is 2.33. The number of anilines is 1. The quantitative estimate of drug-likeness (QED) is 0.243. The van der Waals surface area contributed by atoms with Crippen LogP contribution in [0, 0.1) is 0 Å². The van der Waals surface area contributed by atoms with Gasteiger partial charge in [0.25, 0.3) is 0 Å². The van der Waals surface area contributed by atoms with Crippen LogP contribution in [0.3, 0.4) is 0 Å². The van der Waals surface area contributed by atoms with Crippen molar-refractivity contribution >= 4 is 67.6 Å². The SMILES string of the molecule is CC(=O)O/N=C/c1csc(N)n1.O=CSc1nc2ccccc2s1. The number of benzene rings is 1. The first-order valence-electron chi connectivity index (χ1n) is 6.46. The second-order valence-electron chi connectivity index (χ2n) is 4.09. The number of nitrogens with two attached hydrogens (primary N) is 1. The number of nitrogen functional groups attached to an aromatic ring is 1. The first kappa shape index (κ1) is 18.0. The predicted molar refractivity (Wildman–Crippen MR) is 98.1 cm³/mol. The van der Waals surface area contributed by atoms with Crippen molar-refractivity contribution in [3.8, 4) is 0 Å². The van der Waals surface area contributed by atoms with E-state index in [4.69, 9.17) is 5.73 Å². The van der Waals surface area contributed by atoms with E-state index in [0.717, 1.165) is 31.9 Å². The summed E-state index contributed by atoms with van der Waals surface area (Å²) in [6, 6.07) is 7.86. The van der Waals surface area contributed by atoms with Crippen LogP contribution in [0.5, 0.6) is 0 Å². The molecule has 0 unspecified atom stereocenters. The molecule has 0 aliphatic carbocycles. The molecule has 1 aromatic carbocycles. The molecule has 24 heavy (non-hydrogen) atoms. The van der Waals surface area contributed by atoms with Gasteiger partial charge in [-0.05, 0) is 23.9 Å². The van der Waals surface area contributed by atoms with Gasteiger partial charge in [-0.25, -0.2) is 14.8 Å². The van der Waals surface area contributed by atoms with Crippen LogP contribution >= 0.6 is 34.4 Å². The average molecular weight is 380 g/mol. The number of fused-ring (bicyclic) bond motifs is 1. The number of rotatable bonds is 4. The Morgan fingerprint density at radius 2 is 2.17 bits per heavy atom. The fourth-order valence-electron chi connectivity index (χ4n) is 1.46. The van der Waals surface area contributed by atoms with Crippen molar-refractivity contribution in [2.45, 2.75) is 11.3 Å². The Morgan fingerprint density at radius 3 is 2.79 bits per heavy atom. The number of hydrogen-bond acceptors (Lipinski definition) is 10. The molecule has 0 saturated heterocycles. The van der Waals surface area contributed by atoms with E-state index >= 15 is 0 Å². The van der Waals surface area contributed by atoms with Crippen LogP contribution in [-0.4, -0.2) is 27.8 Å². The van der Waals surface area contributed by atoms with Gasteiger partial charge < -0.3 is 10.6 Å². The molecule has 2 aromatic heterocycles. The Balaban J connectivity index is 0.000000174. The van der Waals surface area contributed by atoms with Crippen molar-refractivity contribution in [2.75, 3.05) is 5.73 Å². The van der Waals surface area contributed by atoms with Crippen molar-refractivity contribution in [3.05, 3.63) is 35.3 Å². The summed E-state index contributed by atoms with van der Waals surface area (Å²) in [5, 5.41) is 5.54. The number of aromatic nitrogens is 2. The molecule has 0 fully saturated rings. The molecule has 0 radical (unpaired) electrons. The Labute approximate surface area is 149 Å². The lowest BCUT2D eigenvalue weighted by Crippen LogP contribution is -1.92. The molecule has 2 N–H and O–H groups in total. The standard InChI is InChI=1S/C8H5NOS2.C6H7N3O2S/c10-5-11-8-9-6-3-1-2-4-7(6)12-8;1-4(10)11-8-2-5-3-12-6(7)9-5/h1-5H;2-3H,1H3,(H2,7,9)/b;8-2+. The van der Waals surface area contributed by atoms with Gasteiger partial charge in [0.05, 0.1) is 22.1 Å². The second-order valence-corrected chi connectivity index (χ2v) is 7.08. The summed E-state index contributed by atoms with van der Waals surface area (Å²) in [6.07, 6.45) is 1.33. The first-order chi connectivity index (χ1) is 11.6. The molecule has 2 heterocycles. The van der Waals surface area contributed by atoms with Crippen LogP contribution in [0.1, 0.15) is 12.6 Å². The molecule has 0 atom stereocenters. The maximum Gasteiger partial charge on any atom is 0.331 e. The minimum absolute atomic E-state index is 0.458. The highest BCUT2D eigenvalue weighted by atomic mass is 32.2. The molecule has 10 heteroatoms. The van der Waals surface area contributed by atoms with Gasteiger partial charge in [-0.1, -0.05) is 17.3 Å². The highest BCUT2D eigenvalue weighted by molar-refractivity contribution is 8.13. The van der Waals surface area contributed by atoms with Crippen molar-refractivity contribution in [1.29, 1.82) is 0 Å². The Bertz CT molecular complexity index is 827. The number of oxime groups is 1. The van der Waals surface area contributed by atoms with Gasteiger partial charge in [0.15, 0.2) is 15.1 Å². The molecule has 0 aliphatic heterocycles. The minimum Gasteiger partial charge on any atom is -0.375 e.